The van der Waals surface area contributed by atoms with Gasteiger partial charge in [-0.3, -0.25) is 9.59 Å². The minimum atomic E-state index is -0.460. The fourth-order valence-corrected chi connectivity index (χ4v) is 2.01. The topological polar surface area (TPSA) is 49.4 Å². The van der Waals surface area contributed by atoms with Crippen LogP contribution in [-0.4, -0.2) is 35.8 Å². The van der Waals surface area contributed by atoms with Crippen LogP contribution in [0.15, 0.2) is 0 Å². The van der Waals surface area contributed by atoms with E-state index in [-0.39, 0.29) is 17.7 Å². The van der Waals surface area contributed by atoms with Crippen molar-refractivity contribution in [3.8, 4) is 0 Å². The van der Waals surface area contributed by atoms with Gasteiger partial charge in [-0.25, -0.2) is 0 Å². The number of likely N-dealkylation sites (tertiary alicyclic amines) is 1. The van der Waals surface area contributed by atoms with Gasteiger partial charge in [0.05, 0.1) is 0 Å². The fourth-order valence-electron chi connectivity index (χ4n) is 2.01. The quantitative estimate of drug-likeness (QED) is 0.835. The Morgan fingerprint density at radius 2 is 1.61 bits per heavy atom. The molecule has 0 aromatic heterocycles. The molecule has 1 saturated heterocycles. The van der Waals surface area contributed by atoms with Gasteiger partial charge in [-0.1, -0.05) is 34.6 Å². The van der Waals surface area contributed by atoms with E-state index in [0.29, 0.717) is 0 Å². The molecular formula is C14H26N2O2. The number of hydrogen-bond donors (Lipinski definition) is 1. The van der Waals surface area contributed by atoms with E-state index >= 15 is 0 Å². The lowest BCUT2D eigenvalue weighted by Crippen LogP contribution is -2.52. The highest BCUT2D eigenvalue weighted by molar-refractivity contribution is 5.89. The van der Waals surface area contributed by atoms with Crippen molar-refractivity contribution in [2.75, 3.05) is 13.1 Å². The van der Waals surface area contributed by atoms with Crippen molar-refractivity contribution in [1.82, 2.24) is 10.2 Å². The van der Waals surface area contributed by atoms with Gasteiger partial charge in [-0.2, -0.15) is 0 Å². The van der Waals surface area contributed by atoms with E-state index in [1.54, 1.807) is 0 Å². The second-order valence-electron chi connectivity index (χ2n) is 6.48. The predicted molar refractivity (Wildman–Crippen MR) is 72.0 cm³/mol. The summed E-state index contributed by atoms with van der Waals surface area (Å²) in [5.74, 6) is 0.123. The maximum Gasteiger partial charge on any atom is 0.245 e. The van der Waals surface area contributed by atoms with Crippen molar-refractivity contribution in [2.24, 2.45) is 11.3 Å². The summed E-state index contributed by atoms with van der Waals surface area (Å²) in [6.07, 6.45) is 2.15. The predicted octanol–water partition coefficient (Wildman–Crippen LogP) is 1.80. The largest absolute Gasteiger partial charge is 0.344 e. The van der Waals surface area contributed by atoms with E-state index in [9.17, 15) is 9.59 Å². The monoisotopic (exact) mass is 254 g/mol. The van der Waals surface area contributed by atoms with Gasteiger partial charge >= 0.3 is 0 Å². The Morgan fingerprint density at radius 3 is 2.00 bits per heavy atom. The Hall–Kier alpha value is -1.06. The summed E-state index contributed by atoms with van der Waals surface area (Å²) < 4.78 is 0. The average Bonchev–Trinajstić information content (AvgIpc) is 2.75. The molecule has 1 rings (SSSR count). The van der Waals surface area contributed by atoms with Gasteiger partial charge < -0.3 is 10.2 Å². The van der Waals surface area contributed by atoms with E-state index in [1.807, 2.05) is 39.5 Å². The highest BCUT2D eigenvalue weighted by atomic mass is 16.2. The number of rotatable bonds is 3. The van der Waals surface area contributed by atoms with Gasteiger partial charge in [0.25, 0.3) is 0 Å². The van der Waals surface area contributed by atoms with Crippen molar-refractivity contribution in [1.29, 1.82) is 0 Å². The molecule has 1 aliphatic heterocycles. The summed E-state index contributed by atoms with van der Waals surface area (Å²) >= 11 is 0. The van der Waals surface area contributed by atoms with Crippen LogP contribution in [0.25, 0.3) is 0 Å². The second kappa shape index (κ2) is 5.72. The van der Waals surface area contributed by atoms with Crippen LogP contribution >= 0.6 is 0 Å². The molecule has 0 radical (unpaired) electrons. The highest BCUT2D eigenvalue weighted by Crippen LogP contribution is 2.17. The van der Waals surface area contributed by atoms with Gasteiger partial charge in [0.15, 0.2) is 0 Å². The summed E-state index contributed by atoms with van der Waals surface area (Å²) in [5.41, 5.74) is -0.460. The zero-order valence-corrected chi connectivity index (χ0v) is 12.2. The van der Waals surface area contributed by atoms with Gasteiger partial charge in [0.1, 0.15) is 6.04 Å². The lowest BCUT2D eigenvalue weighted by atomic mass is 9.93. The number of nitrogens with one attached hydrogen (secondary N) is 1. The number of carbonyl (C=O) groups excluding carboxylic acids is 2. The summed E-state index contributed by atoms with van der Waals surface area (Å²) in [4.78, 5) is 26.2. The molecule has 1 heterocycles. The summed E-state index contributed by atoms with van der Waals surface area (Å²) in [7, 11) is 0. The Morgan fingerprint density at radius 1 is 1.11 bits per heavy atom. The molecule has 1 atom stereocenters. The van der Waals surface area contributed by atoms with Crippen LogP contribution in [0.2, 0.25) is 0 Å². The maximum absolute atomic E-state index is 12.4. The molecule has 0 aliphatic carbocycles. The molecule has 0 aromatic carbocycles. The van der Waals surface area contributed by atoms with Gasteiger partial charge in [-0.05, 0) is 18.8 Å². The summed E-state index contributed by atoms with van der Waals surface area (Å²) in [6.45, 7) is 11.2. The Bertz CT molecular complexity index is 312. The third-order valence-electron chi connectivity index (χ3n) is 3.32. The summed E-state index contributed by atoms with van der Waals surface area (Å²) in [6, 6.07) is -0.394. The molecule has 104 valence electrons. The third kappa shape index (κ3) is 3.72. The molecule has 0 saturated carbocycles. The van der Waals surface area contributed by atoms with E-state index in [0.717, 1.165) is 25.9 Å². The van der Waals surface area contributed by atoms with Crippen molar-refractivity contribution >= 4 is 11.8 Å². The maximum atomic E-state index is 12.4. The van der Waals surface area contributed by atoms with Crippen LogP contribution in [0.5, 0.6) is 0 Å². The first kappa shape index (κ1) is 15.0. The SMILES string of the molecule is CC(C)[C@@H](NC(=O)C(C)(C)C)C(=O)N1CCCC1. The van der Waals surface area contributed by atoms with Gasteiger partial charge in [-0.15, -0.1) is 0 Å². The number of amides is 2. The minimum absolute atomic E-state index is 0.0613. The smallest absolute Gasteiger partial charge is 0.245 e. The zero-order valence-electron chi connectivity index (χ0n) is 12.2. The van der Waals surface area contributed by atoms with E-state index in [4.69, 9.17) is 0 Å². The molecule has 18 heavy (non-hydrogen) atoms. The van der Waals surface area contributed by atoms with Gasteiger partial charge in [0.2, 0.25) is 11.8 Å². The van der Waals surface area contributed by atoms with Crippen molar-refractivity contribution in [3.05, 3.63) is 0 Å². The van der Waals surface area contributed by atoms with E-state index < -0.39 is 11.5 Å². The van der Waals surface area contributed by atoms with Crippen LogP contribution < -0.4 is 5.32 Å². The molecule has 0 unspecified atom stereocenters. The van der Waals surface area contributed by atoms with Crippen molar-refractivity contribution in [2.45, 2.75) is 53.5 Å². The second-order valence-corrected chi connectivity index (χ2v) is 6.48. The van der Waals surface area contributed by atoms with Crippen LogP contribution in [-0.2, 0) is 9.59 Å². The molecule has 0 aromatic rings. The molecule has 4 nitrogen and oxygen atoms in total. The molecule has 0 spiro atoms. The third-order valence-corrected chi connectivity index (χ3v) is 3.32. The molecule has 2 amide bonds. The lowest BCUT2D eigenvalue weighted by molar-refractivity contribution is -0.139. The molecule has 0 bridgehead atoms. The fraction of sp³-hybridized carbons (Fsp3) is 0.857. The molecule has 1 aliphatic rings. The number of carbonyl (C=O) groups is 2. The van der Waals surface area contributed by atoms with Crippen molar-refractivity contribution < 1.29 is 9.59 Å². The number of nitrogens with zero attached hydrogens (tertiary/aromatic N) is 1. The first-order valence-corrected chi connectivity index (χ1v) is 6.83. The highest BCUT2D eigenvalue weighted by Gasteiger charge is 2.32. The van der Waals surface area contributed by atoms with Crippen LogP contribution in [0.1, 0.15) is 47.5 Å². The standard InChI is InChI=1S/C14H26N2O2/c1-10(2)11(15-13(18)14(3,4)5)12(17)16-8-6-7-9-16/h10-11H,6-9H2,1-5H3,(H,15,18)/t11-/m1/s1. The Kier molecular flexibility index (Phi) is 4.77. The Labute approximate surface area is 110 Å². The molecular weight excluding hydrogens is 228 g/mol. The minimum Gasteiger partial charge on any atom is -0.344 e. The van der Waals surface area contributed by atoms with Gasteiger partial charge in [0, 0.05) is 18.5 Å². The first-order valence-electron chi connectivity index (χ1n) is 6.83. The molecule has 1 N–H and O–H groups in total. The van der Waals surface area contributed by atoms with Crippen LogP contribution in [0.3, 0.4) is 0 Å². The normalized spacial score (nSPS) is 18.0. The average molecular weight is 254 g/mol. The summed E-state index contributed by atoms with van der Waals surface area (Å²) in [5, 5.41) is 2.90. The first-order chi connectivity index (χ1) is 8.23. The van der Waals surface area contributed by atoms with Crippen LogP contribution in [0.4, 0.5) is 0 Å². The molecule has 1 fully saturated rings. The van der Waals surface area contributed by atoms with E-state index in [2.05, 4.69) is 5.32 Å². The zero-order chi connectivity index (χ0) is 13.9. The number of hydrogen-bond acceptors (Lipinski definition) is 2. The van der Waals surface area contributed by atoms with E-state index in [1.165, 1.54) is 0 Å². The van der Waals surface area contributed by atoms with Crippen molar-refractivity contribution in [3.63, 3.8) is 0 Å². The Balaban J connectivity index is 2.71. The van der Waals surface area contributed by atoms with Crippen LogP contribution in [0, 0.1) is 11.3 Å². The lowest BCUT2D eigenvalue weighted by Gasteiger charge is -2.29. The molecule has 4 heteroatoms.